The van der Waals surface area contributed by atoms with Gasteiger partial charge in [-0.3, -0.25) is 14.6 Å². The van der Waals surface area contributed by atoms with Gasteiger partial charge in [0.2, 0.25) is 0 Å². The molecule has 0 saturated carbocycles. The fraction of sp³-hybridized carbons (Fsp3) is 0.182. The molecule has 17 heavy (non-hydrogen) atoms. The first-order valence-corrected chi connectivity index (χ1v) is 5.13. The largest absolute Gasteiger partial charge is 0.504 e. The van der Waals surface area contributed by atoms with Gasteiger partial charge in [0.05, 0.1) is 5.39 Å². The molecule has 6 heteroatoms. The molecule has 0 aliphatic carbocycles. The van der Waals surface area contributed by atoms with Crippen LogP contribution in [0.15, 0.2) is 23.1 Å². The lowest BCUT2D eigenvalue weighted by molar-refractivity contribution is 0.0948. The normalized spacial score (nSPS) is 10.4. The molecule has 0 saturated heterocycles. The fourth-order valence-electron chi connectivity index (χ4n) is 1.55. The summed E-state index contributed by atoms with van der Waals surface area (Å²) in [6.07, 6.45) is 1.45. The second-order valence-electron chi connectivity index (χ2n) is 3.44. The first kappa shape index (κ1) is 11.1. The molecule has 0 aliphatic rings. The van der Waals surface area contributed by atoms with E-state index in [1.165, 1.54) is 12.3 Å². The molecule has 0 fully saturated rings. The highest BCUT2D eigenvalue weighted by atomic mass is 16.3. The number of rotatable bonds is 2. The highest BCUT2D eigenvalue weighted by Gasteiger charge is 2.16. The lowest BCUT2D eigenvalue weighted by atomic mass is 10.2. The number of pyridine rings is 2. The van der Waals surface area contributed by atoms with Crippen molar-refractivity contribution in [3.8, 4) is 5.75 Å². The van der Waals surface area contributed by atoms with Crippen LogP contribution in [0.3, 0.4) is 0 Å². The predicted octanol–water partition coefficient (Wildman–Crippen LogP) is 0.378. The number of aromatic nitrogens is 2. The number of H-pyrrole nitrogens is 1. The maximum Gasteiger partial charge on any atom is 0.271 e. The van der Waals surface area contributed by atoms with Crippen molar-refractivity contribution in [1.82, 2.24) is 15.3 Å². The second-order valence-corrected chi connectivity index (χ2v) is 3.44. The van der Waals surface area contributed by atoms with Gasteiger partial charge in [-0.25, -0.2) is 0 Å². The van der Waals surface area contributed by atoms with Crippen LogP contribution in [-0.2, 0) is 0 Å². The number of fused-ring (bicyclic) bond motifs is 1. The first-order chi connectivity index (χ1) is 8.15. The molecular formula is C11H11N3O3. The quantitative estimate of drug-likeness (QED) is 0.698. The molecule has 0 spiro atoms. The molecule has 0 atom stereocenters. The summed E-state index contributed by atoms with van der Waals surface area (Å²) in [6.45, 7) is 2.15. The van der Waals surface area contributed by atoms with E-state index < -0.39 is 11.5 Å². The number of nitrogens with one attached hydrogen (secondary N) is 2. The van der Waals surface area contributed by atoms with Gasteiger partial charge in [0, 0.05) is 12.7 Å². The van der Waals surface area contributed by atoms with E-state index in [0.717, 1.165) is 0 Å². The van der Waals surface area contributed by atoms with Gasteiger partial charge in [0.1, 0.15) is 5.52 Å². The summed E-state index contributed by atoms with van der Waals surface area (Å²) in [4.78, 5) is 29.5. The van der Waals surface area contributed by atoms with Crippen LogP contribution in [0.4, 0.5) is 0 Å². The van der Waals surface area contributed by atoms with Gasteiger partial charge in [-0.1, -0.05) is 0 Å². The van der Waals surface area contributed by atoms with E-state index in [1.807, 2.05) is 0 Å². The summed E-state index contributed by atoms with van der Waals surface area (Å²) in [5.74, 6) is -0.846. The summed E-state index contributed by atoms with van der Waals surface area (Å²) >= 11 is 0. The molecule has 2 aromatic heterocycles. The molecule has 3 N–H and O–H groups in total. The Morgan fingerprint density at radius 2 is 2.35 bits per heavy atom. The second kappa shape index (κ2) is 4.25. The van der Waals surface area contributed by atoms with Gasteiger partial charge in [0.15, 0.2) is 11.4 Å². The lowest BCUT2D eigenvalue weighted by Gasteiger charge is -2.06. The Morgan fingerprint density at radius 3 is 3.06 bits per heavy atom. The number of hydrogen-bond donors (Lipinski definition) is 3. The maximum absolute atomic E-state index is 11.7. The third-order valence-electron chi connectivity index (χ3n) is 2.32. The Bertz CT molecular complexity index is 633. The van der Waals surface area contributed by atoms with E-state index >= 15 is 0 Å². The van der Waals surface area contributed by atoms with E-state index in [1.54, 1.807) is 13.0 Å². The number of aromatic hydroxyl groups is 1. The molecule has 0 radical (unpaired) electrons. The minimum Gasteiger partial charge on any atom is -0.504 e. The van der Waals surface area contributed by atoms with Gasteiger partial charge in [-0.05, 0) is 19.1 Å². The monoisotopic (exact) mass is 233 g/mol. The van der Waals surface area contributed by atoms with Gasteiger partial charge in [-0.15, -0.1) is 0 Å². The van der Waals surface area contributed by atoms with Crippen LogP contribution in [0, 0.1) is 0 Å². The Labute approximate surface area is 96.3 Å². The highest BCUT2D eigenvalue weighted by molar-refractivity contribution is 6.00. The summed E-state index contributed by atoms with van der Waals surface area (Å²) < 4.78 is 0. The molecule has 2 aromatic rings. The van der Waals surface area contributed by atoms with Crippen molar-refractivity contribution in [3.63, 3.8) is 0 Å². The van der Waals surface area contributed by atoms with Gasteiger partial charge in [-0.2, -0.15) is 0 Å². The Morgan fingerprint density at radius 1 is 1.59 bits per heavy atom. The van der Waals surface area contributed by atoms with Crippen LogP contribution in [-0.4, -0.2) is 27.5 Å². The summed E-state index contributed by atoms with van der Waals surface area (Å²) in [5, 5.41) is 12.6. The molecule has 1 amide bonds. The molecule has 2 heterocycles. The average Bonchev–Trinajstić information content (AvgIpc) is 2.34. The Hall–Kier alpha value is -2.37. The minimum atomic E-state index is -0.533. The van der Waals surface area contributed by atoms with Crippen LogP contribution in [0.1, 0.15) is 17.4 Å². The van der Waals surface area contributed by atoms with E-state index in [9.17, 15) is 14.7 Å². The Kier molecular flexibility index (Phi) is 2.78. The maximum atomic E-state index is 11.7. The SMILES string of the molecule is CCNC(=O)c1[nH]c(=O)c2cccnc2c1O. The molecule has 0 aliphatic heterocycles. The average molecular weight is 233 g/mol. The molecule has 0 unspecified atom stereocenters. The summed E-state index contributed by atoms with van der Waals surface area (Å²) in [6, 6.07) is 3.12. The van der Waals surface area contributed by atoms with Crippen molar-refractivity contribution >= 4 is 16.8 Å². The number of carbonyl (C=O) groups is 1. The predicted molar refractivity (Wildman–Crippen MR) is 62.0 cm³/mol. The molecule has 88 valence electrons. The van der Waals surface area contributed by atoms with Crippen LogP contribution in [0.2, 0.25) is 0 Å². The van der Waals surface area contributed by atoms with Crippen LogP contribution >= 0.6 is 0 Å². The zero-order chi connectivity index (χ0) is 12.4. The smallest absolute Gasteiger partial charge is 0.271 e. The topological polar surface area (TPSA) is 95.1 Å². The van der Waals surface area contributed by atoms with Crippen molar-refractivity contribution in [2.24, 2.45) is 0 Å². The minimum absolute atomic E-state index is 0.123. The molecule has 0 aromatic carbocycles. The van der Waals surface area contributed by atoms with Gasteiger partial charge < -0.3 is 15.4 Å². The third kappa shape index (κ3) is 1.84. The Balaban J connectivity index is 2.71. The van der Waals surface area contributed by atoms with Gasteiger partial charge >= 0.3 is 0 Å². The van der Waals surface area contributed by atoms with Crippen molar-refractivity contribution < 1.29 is 9.90 Å². The number of nitrogens with zero attached hydrogens (tertiary/aromatic N) is 1. The van der Waals surface area contributed by atoms with E-state index in [2.05, 4.69) is 15.3 Å². The van der Waals surface area contributed by atoms with Crippen molar-refractivity contribution in [3.05, 3.63) is 34.4 Å². The van der Waals surface area contributed by atoms with E-state index in [4.69, 9.17) is 0 Å². The zero-order valence-electron chi connectivity index (χ0n) is 9.15. The number of amides is 1. The number of hydrogen-bond acceptors (Lipinski definition) is 4. The number of aromatic amines is 1. The van der Waals surface area contributed by atoms with Gasteiger partial charge in [0.25, 0.3) is 11.5 Å². The number of carbonyl (C=O) groups excluding carboxylic acids is 1. The molecule has 6 nitrogen and oxygen atoms in total. The fourth-order valence-corrected chi connectivity index (χ4v) is 1.55. The first-order valence-electron chi connectivity index (χ1n) is 5.13. The molecular weight excluding hydrogens is 222 g/mol. The van der Waals surface area contributed by atoms with Crippen LogP contribution in [0.5, 0.6) is 5.75 Å². The van der Waals surface area contributed by atoms with E-state index in [0.29, 0.717) is 6.54 Å². The highest BCUT2D eigenvalue weighted by Crippen LogP contribution is 2.21. The van der Waals surface area contributed by atoms with Crippen molar-refractivity contribution in [1.29, 1.82) is 0 Å². The van der Waals surface area contributed by atoms with Crippen molar-refractivity contribution in [2.75, 3.05) is 6.54 Å². The van der Waals surface area contributed by atoms with Crippen LogP contribution < -0.4 is 10.9 Å². The lowest BCUT2D eigenvalue weighted by Crippen LogP contribution is -2.26. The third-order valence-corrected chi connectivity index (χ3v) is 2.32. The zero-order valence-corrected chi connectivity index (χ0v) is 9.15. The van der Waals surface area contributed by atoms with E-state index in [-0.39, 0.29) is 22.3 Å². The standard InChI is InChI=1S/C11H11N3O3/c1-2-12-11(17)8-9(15)7-6(10(16)14-8)4-3-5-13-7/h3-5,15H,2H2,1H3,(H,12,17)(H,14,16). The van der Waals surface area contributed by atoms with Crippen molar-refractivity contribution in [2.45, 2.75) is 6.92 Å². The van der Waals surface area contributed by atoms with Crippen LogP contribution in [0.25, 0.3) is 10.9 Å². The summed E-state index contributed by atoms with van der Waals surface area (Å²) in [5.41, 5.74) is -0.493. The summed E-state index contributed by atoms with van der Waals surface area (Å²) in [7, 11) is 0. The molecule has 0 bridgehead atoms. The molecule has 2 rings (SSSR count).